The Hall–Kier alpha value is -3.21. The minimum Gasteiger partial charge on any atom is -0.366 e. The summed E-state index contributed by atoms with van der Waals surface area (Å²) in [6.07, 6.45) is 3.40. The van der Waals surface area contributed by atoms with E-state index >= 15 is 0 Å². The summed E-state index contributed by atoms with van der Waals surface area (Å²) in [5, 5.41) is 5.91. The van der Waals surface area contributed by atoms with Gasteiger partial charge < -0.3 is 4.90 Å². The molecule has 0 aliphatic carbocycles. The van der Waals surface area contributed by atoms with Gasteiger partial charge in [-0.25, -0.2) is 9.82 Å². The van der Waals surface area contributed by atoms with Gasteiger partial charge in [-0.05, 0) is 67.1 Å². The molecule has 166 valence electrons. The lowest BCUT2D eigenvalue weighted by Crippen LogP contribution is -2.48. The molecule has 1 heterocycles. The Morgan fingerprint density at radius 1 is 1.22 bits per heavy atom. The van der Waals surface area contributed by atoms with Crippen LogP contribution in [-0.2, 0) is 0 Å². The average molecular weight is 432 g/mol. The molecule has 0 fully saturated rings. The van der Waals surface area contributed by atoms with Crippen molar-refractivity contribution in [3.63, 3.8) is 0 Å². The molecule has 1 aliphatic heterocycles. The molecule has 0 aromatic heterocycles. The summed E-state index contributed by atoms with van der Waals surface area (Å²) in [5.74, 6) is -0.343. The van der Waals surface area contributed by atoms with Crippen LogP contribution in [0, 0.1) is 5.82 Å². The summed E-state index contributed by atoms with van der Waals surface area (Å²) in [6, 6.07) is 16.8. The van der Waals surface area contributed by atoms with E-state index in [-0.39, 0.29) is 17.3 Å². The van der Waals surface area contributed by atoms with Crippen molar-refractivity contribution in [1.82, 2.24) is 5.43 Å². The van der Waals surface area contributed by atoms with Crippen LogP contribution < -0.4 is 10.3 Å². The number of nitrogens with one attached hydrogen (secondary N) is 1. The summed E-state index contributed by atoms with van der Waals surface area (Å²) < 4.78 is 15.0. The Morgan fingerprint density at radius 2 is 1.97 bits per heavy atom. The van der Waals surface area contributed by atoms with Crippen LogP contribution in [0.4, 0.5) is 10.1 Å². The van der Waals surface area contributed by atoms with Crippen molar-refractivity contribution in [3.05, 3.63) is 77.1 Å². The number of hydrogen-bond donors (Lipinski definition) is 1. The number of carbonyl (C=O) groups excluding carboxylic acids is 1. The van der Waals surface area contributed by atoms with Gasteiger partial charge in [0, 0.05) is 28.9 Å². The van der Waals surface area contributed by atoms with Gasteiger partial charge in [-0.15, -0.1) is 0 Å². The Morgan fingerprint density at radius 3 is 2.75 bits per heavy atom. The van der Waals surface area contributed by atoms with Crippen LogP contribution in [0.15, 0.2) is 59.7 Å². The standard InChI is InChI=1S/C27H30FN3O/c1-5-13-31-25-15-24(28)20(14-23(25)18(2)16-27(31,3)4)17-29-30-26(32)22-12-8-10-19-9-6-7-11-21(19)22/h6-12,14-15,17-18H,5,13,16H2,1-4H3,(H,30,32)/b29-17-. The van der Waals surface area contributed by atoms with Crippen LogP contribution in [0.5, 0.6) is 0 Å². The maximum Gasteiger partial charge on any atom is 0.271 e. The van der Waals surface area contributed by atoms with Gasteiger partial charge in [0.25, 0.3) is 5.91 Å². The molecule has 32 heavy (non-hydrogen) atoms. The number of hydrogen-bond acceptors (Lipinski definition) is 3. The van der Waals surface area contributed by atoms with Crippen LogP contribution in [-0.4, -0.2) is 24.2 Å². The highest BCUT2D eigenvalue weighted by atomic mass is 19.1. The van der Waals surface area contributed by atoms with Crippen molar-refractivity contribution in [2.45, 2.75) is 52.0 Å². The Balaban J connectivity index is 1.59. The van der Waals surface area contributed by atoms with Gasteiger partial charge in [0.1, 0.15) is 5.82 Å². The van der Waals surface area contributed by atoms with Crippen molar-refractivity contribution in [1.29, 1.82) is 0 Å². The third-order valence-corrected chi connectivity index (χ3v) is 6.36. The van der Waals surface area contributed by atoms with Crippen LogP contribution in [0.1, 0.15) is 67.9 Å². The lowest BCUT2D eigenvalue weighted by atomic mass is 9.79. The van der Waals surface area contributed by atoms with Crippen LogP contribution >= 0.6 is 0 Å². The molecule has 5 heteroatoms. The molecule has 1 atom stereocenters. The lowest BCUT2D eigenvalue weighted by Gasteiger charge is -2.47. The molecule has 3 aromatic rings. The van der Waals surface area contributed by atoms with Crippen LogP contribution in [0.2, 0.25) is 0 Å². The zero-order valence-electron chi connectivity index (χ0n) is 19.2. The second-order valence-electron chi connectivity index (χ2n) is 9.23. The van der Waals surface area contributed by atoms with E-state index in [4.69, 9.17) is 0 Å². The first kappa shape index (κ1) is 22.0. The van der Waals surface area contributed by atoms with Crippen molar-refractivity contribution in [2.24, 2.45) is 5.10 Å². The number of benzene rings is 3. The molecule has 1 unspecified atom stereocenters. The molecule has 4 nitrogen and oxygen atoms in total. The summed E-state index contributed by atoms with van der Waals surface area (Å²) in [6.45, 7) is 9.66. The summed E-state index contributed by atoms with van der Waals surface area (Å²) in [5.41, 5.74) is 5.54. The molecule has 0 saturated heterocycles. The lowest BCUT2D eigenvalue weighted by molar-refractivity contribution is 0.0956. The van der Waals surface area contributed by atoms with Gasteiger partial charge in [0.15, 0.2) is 0 Å². The average Bonchev–Trinajstić information content (AvgIpc) is 2.76. The number of halogens is 1. The second kappa shape index (κ2) is 8.73. The molecule has 1 N–H and O–H groups in total. The van der Waals surface area contributed by atoms with Crippen molar-refractivity contribution < 1.29 is 9.18 Å². The molecule has 0 bridgehead atoms. The first-order valence-electron chi connectivity index (χ1n) is 11.2. The quantitative estimate of drug-likeness (QED) is 0.384. The molecular formula is C27H30FN3O. The minimum absolute atomic E-state index is 0.0170. The monoisotopic (exact) mass is 431 g/mol. The van der Waals surface area contributed by atoms with Crippen molar-refractivity contribution >= 4 is 28.6 Å². The molecule has 3 aromatic carbocycles. The Bertz CT molecular complexity index is 1180. The van der Waals surface area contributed by atoms with Gasteiger partial charge >= 0.3 is 0 Å². The van der Waals surface area contributed by atoms with E-state index in [9.17, 15) is 9.18 Å². The summed E-state index contributed by atoms with van der Waals surface area (Å²) in [4.78, 5) is 15.0. The molecule has 0 radical (unpaired) electrons. The molecule has 0 spiro atoms. The van der Waals surface area contributed by atoms with E-state index in [1.165, 1.54) is 6.21 Å². The number of anilines is 1. The normalized spacial score (nSPS) is 17.5. The van der Waals surface area contributed by atoms with E-state index in [2.05, 4.69) is 43.1 Å². The van der Waals surface area contributed by atoms with Gasteiger partial charge in [-0.2, -0.15) is 5.10 Å². The number of amides is 1. The van der Waals surface area contributed by atoms with Crippen molar-refractivity contribution in [2.75, 3.05) is 11.4 Å². The van der Waals surface area contributed by atoms with Crippen LogP contribution in [0.3, 0.4) is 0 Å². The largest absolute Gasteiger partial charge is 0.366 e. The highest BCUT2D eigenvalue weighted by Gasteiger charge is 2.36. The fourth-order valence-electron chi connectivity index (χ4n) is 4.91. The topological polar surface area (TPSA) is 44.7 Å². The minimum atomic E-state index is -0.335. The third kappa shape index (κ3) is 4.12. The Labute approximate surface area is 189 Å². The summed E-state index contributed by atoms with van der Waals surface area (Å²) in [7, 11) is 0. The van der Waals surface area contributed by atoms with Crippen molar-refractivity contribution in [3.8, 4) is 0 Å². The van der Waals surface area contributed by atoms with E-state index in [0.29, 0.717) is 17.0 Å². The van der Waals surface area contributed by atoms with Gasteiger partial charge in [-0.1, -0.05) is 50.2 Å². The van der Waals surface area contributed by atoms with E-state index < -0.39 is 0 Å². The SMILES string of the molecule is CCCN1c2cc(F)c(/C=N\NC(=O)c3cccc4ccccc34)cc2C(C)CC1(C)C. The Kier molecular flexibility index (Phi) is 6.00. The first-order valence-corrected chi connectivity index (χ1v) is 11.2. The van der Waals surface area contributed by atoms with E-state index in [1.807, 2.05) is 42.5 Å². The van der Waals surface area contributed by atoms with Crippen LogP contribution in [0.25, 0.3) is 10.8 Å². The molecule has 4 rings (SSSR count). The second-order valence-corrected chi connectivity index (χ2v) is 9.23. The van der Waals surface area contributed by atoms with Gasteiger partial charge in [0.05, 0.1) is 6.21 Å². The van der Waals surface area contributed by atoms with E-state index in [1.54, 1.807) is 12.1 Å². The molecule has 0 saturated carbocycles. The smallest absolute Gasteiger partial charge is 0.271 e. The fourth-order valence-corrected chi connectivity index (χ4v) is 4.91. The first-order chi connectivity index (χ1) is 15.3. The maximum absolute atomic E-state index is 15.0. The maximum atomic E-state index is 15.0. The molecule has 1 aliphatic rings. The predicted octanol–water partition coefficient (Wildman–Crippen LogP) is 6.25. The van der Waals surface area contributed by atoms with E-state index in [0.717, 1.165) is 41.4 Å². The van der Waals surface area contributed by atoms with Gasteiger partial charge in [-0.3, -0.25) is 4.79 Å². The number of nitrogens with zero attached hydrogens (tertiary/aromatic N) is 2. The number of fused-ring (bicyclic) bond motifs is 2. The zero-order valence-corrected chi connectivity index (χ0v) is 19.2. The van der Waals surface area contributed by atoms with Gasteiger partial charge in [0.2, 0.25) is 0 Å². The molecule has 1 amide bonds. The highest BCUT2D eigenvalue weighted by Crippen LogP contribution is 2.44. The molecular weight excluding hydrogens is 401 g/mol. The highest BCUT2D eigenvalue weighted by molar-refractivity contribution is 6.07. The fraction of sp³-hybridized carbons (Fsp3) is 0.333. The number of rotatable bonds is 5. The number of carbonyl (C=O) groups is 1. The summed E-state index contributed by atoms with van der Waals surface area (Å²) >= 11 is 0. The number of hydrazone groups is 1. The third-order valence-electron chi connectivity index (χ3n) is 6.36. The zero-order chi connectivity index (χ0) is 22.9. The predicted molar refractivity (Wildman–Crippen MR) is 130 cm³/mol.